The average Bonchev–Trinajstić information content (AvgIpc) is 2.42. The maximum absolute atomic E-state index is 13.9. The van der Waals surface area contributed by atoms with Crippen molar-refractivity contribution < 1.29 is 9.13 Å². The largest absolute Gasteiger partial charge is 0.486 e. The molecule has 0 amide bonds. The van der Waals surface area contributed by atoms with Gasteiger partial charge in [0.1, 0.15) is 12.7 Å². The Kier molecular flexibility index (Phi) is 4.03. The van der Waals surface area contributed by atoms with Crippen molar-refractivity contribution in [2.24, 2.45) is 0 Å². The van der Waals surface area contributed by atoms with E-state index in [-0.39, 0.29) is 22.4 Å². The third kappa shape index (κ3) is 3.04. The summed E-state index contributed by atoms with van der Waals surface area (Å²) < 4.78 is 19.4. The first-order valence-electron chi connectivity index (χ1n) is 5.47. The minimum atomic E-state index is -0.575. The quantitative estimate of drug-likeness (QED) is 0.879. The maximum atomic E-state index is 13.9. The number of halogens is 2. The Hall–Kier alpha value is -2.06. The topological polar surface area (TPSA) is 59.0 Å². The van der Waals surface area contributed by atoms with E-state index in [0.29, 0.717) is 5.69 Å². The molecule has 0 aliphatic heterocycles. The lowest BCUT2D eigenvalue weighted by molar-refractivity contribution is 0.289. The van der Waals surface area contributed by atoms with Gasteiger partial charge in [0.25, 0.3) is 0 Å². The van der Waals surface area contributed by atoms with Crippen LogP contribution < -0.4 is 10.5 Å². The number of nitrogen functional groups attached to an aromatic ring is 1. The average molecular weight is 321 g/mol. The van der Waals surface area contributed by atoms with E-state index in [4.69, 9.17) is 15.7 Å². The molecule has 2 rings (SSSR count). The minimum absolute atomic E-state index is 0.0997. The zero-order chi connectivity index (χ0) is 13.8. The van der Waals surface area contributed by atoms with Crippen LogP contribution >= 0.6 is 15.9 Å². The summed E-state index contributed by atoms with van der Waals surface area (Å²) in [6.07, 6.45) is 0. The smallest absolute Gasteiger partial charge is 0.180 e. The molecule has 0 bridgehead atoms. The Morgan fingerprint density at radius 3 is 2.53 bits per heavy atom. The van der Waals surface area contributed by atoms with E-state index in [1.807, 2.05) is 18.2 Å². The number of nitrogens with two attached hydrogens (primary N) is 1. The van der Waals surface area contributed by atoms with Crippen LogP contribution in [0.5, 0.6) is 5.75 Å². The number of hydrogen-bond donors (Lipinski definition) is 1. The first-order valence-corrected chi connectivity index (χ1v) is 6.26. The van der Waals surface area contributed by atoms with Gasteiger partial charge in [-0.15, -0.1) is 0 Å². The van der Waals surface area contributed by atoms with Crippen molar-refractivity contribution in [2.75, 3.05) is 5.73 Å². The Bertz CT molecular complexity index is 635. The van der Waals surface area contributed by atoms with Gasteiger partial charge in [0.2, 0.25) is 0 Å². The van der Waals surface area contributed by atoms with Crippen molar-refractivity contribution >= 4 is 21.6 Å². The molecule has 0 heterocycles. The molecule has 0 fully saturated rings. The molecule has 5 heteroatoms. The highest BCUT2D eigenvalue weighted by Gasteiger charge is 2.12. The van der Waals surface area contributed by atoms with Gasteiger partial charge in [0.05, 0.1) is 10.0 Å². The highest BCUT2D eigenvalue weighted by molar-refractivity contribution is 9.10. The maximum Gasteiger partial charge on any atom is 0.180 e. The Balaban J connectivity index is 2.14. The number of hydrogen-bond acceptors (Lipinski definition) is 3. The number of benzene rings is 2. The predicted molar refractivity (Wildman–Crippen MR) is 74.0 cm³/mol. The number of anilines is 1. The zero-order valence-corrected chi connectivity index (χ0v) is 11.4. The first-order chi connectivity index (χ1) is 9.11. The van der Waals surface area contributed by atoms with Crippen molar-refractivity contribution in [3.63, 3.8) is 0 Å². The molecule has 2 N–H and O–H groups in total. The number of nitrogens with zero attached hydrogens (tertiary/aromatic N) is 1. The molecular formula is C14H10BrFN2O. The lowest BCUT2D eigenvalue weighted by Crippen LogP contribution is -1.99. The molecule has 0 radical (unpaired) electrons. The summed E-state index contributed by atoms with van der Waals surface area (Å²) in [6.45, 7) is 0.232. The molecule has 19 heavy (non-hydrogen) atoms. The third-order valence-electron chi connectivity index (χ3n) is 2.54. The van der Waals surface area contributed by atoms with Crippen LogP contribution in [-0.4, -0.2) is 0 Å². The van der Waals surface area contributed by atoms with Crippen LogP contribution in [-0.2, 0) is 6.61 Å². The van der Waals surface area contributed by atoms with Crippen LogP contribution in [0.15, 0.2) is 40.9 Å². The van der Waals surface area contributed by atoms with Gasteiger partial charge >= 0.3 is 0 Å². The Morgan fingerprint density at radius 2 is 1.89 bits per heavy atom. The van der Waals surface area contributed by atoms with E-state index in [1.54, 1.807) is 12.1 Å². The van der Waals surface area contributed by atoms with Crippen molar-refractivity contribution in [1.82, 2.24) is 0 Å². The molecule has 2 aromatic carbocycles. The van der Waals surface area contributed by atoms with E-state index < -0.39 is 5.82 Å². The summed E-state index contributed by atoms with van der Waals surface area (Å²) in [5, 5.41) is 8.77. The van der Waals surface area contributed by atoms with E-state index in [2.05, 4.69) is 15.9 Å². The van der Waals surface area contributed by atoms with E-state index in [9.17, 15) is 4.39 Å². The van der Waals surface area contributed by atoms with Gasteiger partial charge in [-0.1, -0.05) is 12.1 Å². The highest BCUT2D eigenvalue weighted by atomic mass is 79.9. The molecule has 0 atom stereocenters. The molecule has 2 aromatic rings. The van der Waals surface area contributed by atoms with E-state index >= 15 is 0 Å². The van der Waals surface area contributed by atoms with Gasteiger partial charge in [-0.05, 0) is 45.8 Å². The molecule has 0 spiro atoms. The summed E-state index contributed by atoms with van der Waals surface area (Å²) in [4.78, 5) is 0. The van der Waals surface area contributed by atoms with Crippen LogP contribution in [0.2, 0.25) is 0 Å². The number of ether oxygens (including phenoxy) is 1. The molecule has 3 nitrogen and oxygen atoms in total. The van der Waals surface area contributed by atoms with E-state index in [1.165, 1.54) is 12.1 Å². The number of rotatable bonds is 3. The summed E-state index contributed by atoms with van der Waals surface area (Å²) in [5.74, 6) is -0.475. The van der Waals surface area contributed by atoms with Gasteiger partial charge in [-0.25, -0.2) is 4.39 Å². The van der Waals surface area contributed by atoms with E-state index in [0.717, 1.165) is 5.56 Å². The minimum Gasteiger partial charge on any atom is -0.486 e. The van der Waals surface area contributed by atoms with Gasteiger partial charge in [0.15, 0.2) is 11.6 Å². The third-order valence-corrected chi connectivity index (χ3v) is 3.32. The SMILES string of the molecule is N#Cc1ccc(OCc2ccc(N)cc2)c(F)c1Br. The molecule has 0 aromatic heterocycles. The van der Waals surface area contributed by atoms with Gasteiger partial charge in [-0.2, -0.15) is 5.26 Å². The standard InChI is InChI=1S/C14H10BrFN2O/c15-13-10(7-17)3-6-12(14(13)16)19-8-9-1-4-11(18)5-2-9/h1-6H,8,18H2. The predicted octanol–water partition coefficient (Wildman–Crippen LogP) is 3.62. The molecule has 96 valence electrons. The second-order valence-corrected chi connectivity index (χ2v) is 4.67. The number of nitriles is 1. The fourth-order valence-electron chi connectivity index (χ4n) is 1.50. The normalized spacial score (nSPS) is 9.95. The molecule has 0 unspecified atom stereocenters. The molecule has 0 aliphatic carbocycles. The fraction of sp³-hybridized carbons (Fsp3) is 0.0714. The lowest BCUT2D eigenvalue weighted by Gasteiger charge is -2.09. The first kappa shape index (κ1) is 13.4. The Morgan fingerprint density at radius 1 is 1.21 bits per heavy atom. The summed E-state index contributed by atoms with van der Waals surface area (Å²) in [6, 6.07) is 12.0. The Labute approximate surface area is 118 Å². The summed E-state index contributed by atoms with van der Waals surface area (Å²) >= 11 is 3.03. The molecule has 0 aliphatic rings. The van der Waals surface area contributed by atoms with Gasteiger partial charge in [-0.3, -0.25) is 0 Å². The summed E-state index contributed by atoms with van der Waals surface area (Å²) in [7, 11) is 0. The molecular weight excluding hydrogens is 311 g/mol. The van der Waals surface area contributed by atoms with Crippen LogP contribution in [0.25, 0.3) is 0 Å². The van der Waals surface area contributed by atoms with Crippen LogP contribution in [0.1, 0.15) is 11.1 Å². The highest BCUT2D eigenvalue weighted by Crippen LogP contribution is 2.28. The summed E-state index contributed by atoms with van der Waals surface area (Å²) in [5.41, 5.74) is 7.35. The van der Waals surface area contributed by atoms with Crippen molar-refractivity contribution in [3.05, 3.63) is 57.8 Å². The van der Waals surface area contributed by atoms with Crippen LogP contribution in [0, 0.1) is 17.1 Å². The lowest BCUT2D eigenvalue weighted by atomic mass is 10.2. The molecule has 0 saturated heterocycles. The van der Waals surface area contributed by atoms with Crippen LogP contribution in [0.3, 0.4) is 0 Å². The van der Waals surface area contributed by atoms with Gasteiger partial charge in [0, 0.05) is 5.69 Å². The molecule has 0 saturated carbocycles. The van der Waals surface area contributed by atoms with Crippen LogP contribution in [0.4, 0.5) is 10.1 Å². The van der Waals surface area contributed by atoms with Crippen molar-refractivity contribution in [3.8, 4) is 11.8 Å². The zero-order valence-electron chi connectivity index (χ0n) is 9.86. The van der Waals surface area contributed by atoms with Gasteiger partial charge < -0.3 is 10.5 Å². The monoisotopic (exact) mass is 320 g/mol. The van der Waals surface area contributed by atoms with Crippen molar-refractivity contribution in [2.45, 2.75) is 6.61 Å². The fourth-order valence-corrected chi connectivity index (χ4v) is 1.92. The second-order valence-electron chi connectivity index (χ2n) is 3.88. The van der Waals surface area contributed by atoms with Crippen molar-refractivity contribution in [1.29, 1.82) is 5.26 Å². The second kappa shape index (κ2) is 5.72.